The van der Waals surface area contributed by atoms with Crippen molar-refractivity contribution in [3.05, 3.63) is 88.3 Å². The molecule has 0 aliphatic rings. The number of amides is 1. The molecule has 6 nitrogen and oxygen atoms in total. The van der Waals surface area contributed by atoms with Crippen molar-refractivity contribution < 1.29 is 4.79 Å². The molecule has 3 aromatic rings. The molecular formula is C22H24N4O2. The van der Waals surface area contributed by atoms with Gasteiger partial charge >= 0.3 is 0 Å². The Morgan fingerprint density at radius 1 is 1.07 bits per heavy atom. The average molecular weight is 376 g/mol. The molecule has 0 spiro atoms. The first-order valence-corrected chi connectivity index (χ1v) is 9.27. The third kappa shape index (κ3) is 4.65. The average Bonchev–Trinajstić information content (AvgIpc) is 2.72. The number of carbonyl (C=O) groups excluding carboxylic acids is 1. The van der Waals surface area contributed by atoms with E-state index >= 15 is 0 Å². The van der Waals surface area contributed by atoms with Crippen molar-refractivity contribution in [1.29, 1.82) is 0 Å². The minimum absolute atomic E-state index is 0.0918. The highest BCUT2D eigenvalue weighted by Crippen LogP contribution is 2.11. The molecule has 0 unspecified atom stereocenters. The Labute approximate surface area is 164 Å². The third-order valence-corrected chi connectivity index (χ3v) is 4.48. The summed E-state index contributed by atoms with van der Waals surface area (Å²) >= 11 is 0. The highest BCUT2D eigenvalue weighted by Gasteiger charge is 2.15. The Morgan fingerprint density at radius 2 is 1.71 bits per heavy atom. The second-order valence-electron chi connectivity index (χ2n) is 6.61. The molecule has 0 fully saturated rings. The monoisotopic (exact) mass is 376 g/mol. The molecule has 0 radical (unpaired) electrons. The predicted octanol–water partition coefficient (Wildman–Crippen LogP) is 2.80. The van der Waals surface area contributed by atoms with Gasteiger partial charge in [0.25, 0.3) is 5.91 Å². The highest BCUT2D eigenvalue weighted by atomic mass is 16.2. The number of hydrogen-bond acceptors (Lipinski definition) is 4. The van der Waals surface area contributed by atoms with E-state index in [1.54, 1.807) is 11.6 Å². The van der Waals surface area contributed by atoms with Gasteiger partial charge in [-0.05, 0) is 37.6 Å². The first-order valence-electron chi connectivity index (χ1n) is 9.27. The van der Waals surface area contributed by atoms with Crippen LogP contribution in [0.15, 0.2) is 71.5 Å². The topological polar surface area (TPSA) is 67.2 Å². The van der Waals surface area contributed by atoms with Crippen LogP contribution in [-0.4, -0.2) is 35.8 Å². The Bertz CT molecular complexity index is 984. The summed E-state index contributed by atoms with van der Waals surface area (Å²) in [5.41, 5.74) is 2.14. The van der Waals surface area contributed by atoms with Gasteiger partial charge in [-0.25, -0.2) is 4.68 Å². The Hall–Kier alpha value is -3.41. The van der Waals surface area contributed by atoms with E-state index in [2.05, 4.69) is 15.3 Å². The van der Waals surface area contributed by atoms with Crippen LogP contribution in [0.2, 0.25) is 0 Å². The Morgan fingerprint density at radius 3 is 2.39 bits per heavy atom. The molecule has 3 rings (SSSR count). The van der Waals surface area contributed by atoms with Gasteiger partial charge in [0.2, 0.25) is 5.43 Å². The number of aromatic nitrogens is 2. The number of nitrogens with zero attached hydrogens (tertiary/aromatic N) is 3. The number of para-hydroxylation sites is 2. The molecule has 1 heterocycles. The molecule has 144 valence electrons. The van der Waals surface area contributed by atoms with Crippen LogP contribution in [0, 0.1) is 6.92 Å². The van der Waals surface area contributed by atoms with E-state index in [0.29, 0.717) is 12.2 Å². The van der Waals surface area contributed by atoms with E-state index in [1.807, 2.05) is 67.7 Å². The molecule has 0 atom stereocenters. The van der Waals surface area contributed by atoms with Crippen LogP contribution in [0.1, 0.15) is 22.6 Å². The van der Waals surface area contributed by atoms with Crippen molar-refractivity contribution in [2.45, 2.75) is 13.3 Å². The van der Waals surface area contributed by atoms with E-state index in [9.17, 15) is 9.59 Å². The maximum Gasteiger partial charge on any atom is 0.275 e. The van der Waals surface area contributed by atoms with Gasteiger partial charge in [0.1, 0.15) is 0 Å². The molecule has 1 N–H and O–H groups in total. The third-order valence-electron chi connectivity index (χ3n) is 4.48. The Kier molecular flexibility index (Phi) is 6.22. The lowest BCUT2D eigenvalue weighted by Gasteiger charge is -2.19. The molecule has 0 aliphatic carbocycles. The van der Waals surface area contributed by atoms with Crippen molar-refractivity contribution in [1.82, 2.24) is 15.1 Å². The largest absolute Gasteiger partial charge is 0.375 e. The van der Waals surface area contributed by atoms with E-state index in [1.165, 1.54) is 6.07 Å². The predicted molar refractivity (Wildman–Crippen MR) is 111 cm³/mol. The van der Waals surface area contributed by atoms with Gasteiger partial charge in [-0.3, -0.25) is 9.59 Å². The number of rotatable bonds is 7. The summed E-state index contributed by atoms with van der Waals surface area (Å²) in [5.74, 6) is -0.447. The summed E-state index contributed by atoms with van der Waals surface area (Å²) in [5, 5.41) is 7.09. The summed E-state index contributed by atoms with van der Waals surface area (Å²) in [6, 6.07) is 20.9. The van der Waals surface area contributed by atoms with Gasteiger partial charge in [-0.1, -0.05) is 36.4 Å². The molecule has 0 saturated heterocycles. The number of aryl methyl sites for hydroxylation is 1. The molecule has 6 heteroatoms. The molecule has 0 bridgehead atoms. The first-order chi connectivity index (χ1) is 13.6. The van der Waals surface area contributed by atoms with Crippen molar-refractivity contribution in [3.63, 3.8) is 0 Å². The van der Waals surface area contributed by atoms with Gasteiger partial charge in [-0.2, -0.15) is 5.10 Å². The Balaban J connectivity index is 1.62. The maximum atomic E-state index is 12.5. The van der Waals surface area contributed by atoms with Crippen LogP contribution in [0.5, 0.6) is 0 Å². The minimum Gasteiger partial charge on any atom is -0.375 e. The zero-order valence-corrected chi connectivity index (χ0v) is 16.1. The van der Waals surface area contributed by atoms with E-state index in [4.69, 9.17) is 0 Å². The number of carbonyl (C=O) groups is 1. The summed E-state index contributed by atoms with van der Waals surface area (Å²) in [4.78, 5) is 26.8. The summed E-state index contributed by atoms with van der Waals surface area (Å²) in [6.45, 7) is 3.05. The fraction of sp³-hybridized carbons (Fsp3) is 0.227. The number of hydrogen-bond donors (Lipinski definition) is 1. The van der Waals surface area contributed by atoms with Crippen LogP contribution >= 0.6 is 0 Å². The second kappa shape index (κ2) is 8.99. The lowest BCUT2D eigenvalue weighted by Crippen LogP contribution is -2.33. The smallest absolute Gasteiger partial charge is 0.275 e. The summed E-state index contributed by atoms with van der Waals surface area (Å²) in [6.07, 6.45) is 0.760. The maximum absolute atomic E-state index is 12.5. The zero-order valence-electron chi connectivity index (χ0n) is 16.1. The molecule has 0 aliphatic heterocycles. The van der Waals surface area contributed by atoms with Crippen molar-refractivity contribution in [2.75, 3.05) is 25.0 Å². The van der Waals surface area contributed by atoms with E-state index < -0.39 is 5.91 Å². The second-order valence-corrected chi connectivity index (χ2v) is 6.61. The zero-order chi connectivity index (χ0) is 19.9. The van der Waals surface area contributed by atoms with Crippen molar-refractivity contribution in [3.8, 4) is 5.69 Å². The molecule has 1 amide bonds. The van der Waals surface area contributed by atoms with Crippen LogP contribution in [0.4, 0.5) is 5.69 Å². The van der Waals surface area contributed by atoms with Gasteiger partial charge in [-0.15, -0.1) is 0 Å². The van der Waals surface area contributed by atoms with Crippen LogP contribution in [-0.2, 0) is 0 Å². The van der Waals surface area contributed by atoms with Crippen LogP contribution in [0.25, 0.3) is 5.69 Å². The molecule has 0 saturated carbocycles. The minimum atomic E-state index is -0.447. The summed E-state index contributed by atoms with van der Waals surface area (Å²) < 4.78 is 1.61. The van der Waals surface area contributed by atoms with Crippen molar-refractivity contribution in [2.24, 2.45) is 0 Å². The van der Waals surface area contributed by atoms with Gasteiger partial charge in [0.05, 0.1) is 5.69 Å². The van der Waals surface area contributed by atoms with Gasteiger partial charge < -0.3 is 10.2 Å². The highest BCUT2D eigenvalue weighted by molar-refractivity contribution is 5.92. The van der Waals surface area contributed by atoms with E-state index in [0.717, 1.165) is 24.3 Å². The van der Waals surface area contributed by atoms with E-state index in [-0.39, 0.29) is 11.1 Å². The fourth-order valence-electron chi connectivity index (χ4n) is 2.95. The molecule has 1 aromatic heterocycles. The van der Waals surface area contributed by atoms with Crippen molar-refractivity contribution >= 4 is 11.6 Å². The first kappa shape index (κ1) is 19.4. The fourth-order valence-corrected chi connectivity index (χ4v) is 2.95. The standard InChI is InChI=1S/C22H24N4O2/c1-17-16-20(27)21(24-26(17)19-12-7-4-8-13-19)22(28)23-14-9-15-25(2)18-10-5-3-6-11-18/h3-8,10-13,16H,9,14-15H2,1-2H3,(H,23,28). The SMILES string of the molecule is Cc1cc(=O)c(C(=O)NCCCN(C)c2ccccc2)nn1-c1ccccc1. The van der Waals surface area contributed by atoms with Gasteiger partial charge in [0.15, 0.2) is 5.69 Å². The molecule has 2 aromatic carbocycles. The number of anilines is 1. The molecule has 28 heavy (non-hydrogen) atoms. The van der Waals surface area contributed by atoms with Gasteiger partial charge in [0, 0.05) is 37.6 Å². The van der Waals surface area contributed by atoms with Crippen LogP contribution in [0.3, 0.4) is 0 Å². The van der Waals surface area contributed by atoms with Crippen LogP contribution < -0.4 is 15.6 Å². The quantitative estimate of drug-likeness (QED) is 0.644. The lowest BCUT2D eigenvalue weighted by molar-refractivity contribution is 0.0945. The normalized spacial score (nSPS) is 10.5. The molecular weight excluding hydrogens is 352 g/mol. The lowest BCUT2D eigenvalue weighted by atomic mass is 10.2. The summed E-state index contributed by atoms with van der Waals surface area (Å²) in [7, 11) is 2.01. The number of benzene rings is 2. The number of nitrogens with one attached hydrogen (secondary N) is 1.